The molecule has 1 amide bonds. The number of carbonyl (C=O) groups excluding carboxylic acids is 1. The van der Waals surface area contributed by atoms with Crippen molar-refractivity contribution in [2.45, 2.75) is 39.7 Å². The number of hydrogen-bond donors (Lipinski definition) is 0. The molecule has 3 aromatic rings. The Morgan fingerprint density at radius 2 is 1.83 bits per heavy atom. The third kappa shape index (κ3) is 4.41. The third-order valence-corrected chi connectivity index (χ3v) is 8.25. The van der Waals surface area contributed by atoms with Gasteiger partial charge in [0.25, 0.3) is 11.5 Å². The van der Waals surface area contributed by atoms with Gasteiger partial charge in [-0.2, -0.15) is 0 Å². The molecule has 2 saturated heterocycles. The number of amides is 1. The first-order chi connectivity index (χ1) is 16.8. The van der Waals surface area contributed by atoms with Crippen LogP contribution in [0.2, 0.25) is 0 Å². The Hall–Kier alpha value is -2.97. The standard InChI is InChI=1S/C27H28N4O2S2/c1-17-11-14-29(15-12-17)24-21(25(32)30-13-7-8-18(2)23(30)28-24)16-22-26(33)31(27(34)35-22)19(3)20-9-5-4-6-10-20/h4-10,13,16-17,19H,11-12,14-15H2,1-3H3/b22-16+/t19-/m1/s1. The van der Waals surface area contributed by atoms with E-state index in [1.54, 1.807) is 21.6 Å². The highest BCUT2D eigenvalue weighted by molar-refractivity contribution is 8.26. The molecule has 0 unspecified atom stereocenters. The first-order valence-corrected chi connectivity index (χ1v) is 13.2. The molecule has 0 aliphatic carbocycles. The van der Waals surface area contributed by atoms with Gasteiger partial charge in [0.1, 0.15) is 15.8 Å². The second-order valence-electron chi connectivity index (χ2n) is 9.35. The SMILES string of the molecule is Cc1cccn2c(=O)c(/C=C3/SC(=S)N([C@H](C)c4ccccc4)C3=O)c(N3CCC(C)CC3)nc12. The number of pyridine rings is 1. The van der Waals surface area contributed by atoms with Crippen LogP contribution in [0.15, 0.2) is 58.4 Å². The average molecular weight is 505 g/mol. The minimum absolute atomic E-state index is 0.173. The van der Waals surface area contributed by atoms with Crippen molar-refractivity contribution >= 4 is 51.7 Å². The Bertz CT molecular complexity index is 1390. The normalized spacial score (nSPS) is 19.2. The van der Waals surface area contributed by atoms with E-state index in [2.05, 4.69) is 11.8 Å². The maximum absolute atomic E-state index is 13.7. The summed E-state index contributed by atoms with van der Waals surface area (Å²) in [5.74, 6) is 1.12. The lowest BCUT2D eigenvalue weighted by molar-refractivity contribution is -0.123. The fourth-order valence-corrected chi connectivity index (χ4v) is 6.11. The molecule has 2 aromatic heterocycles. The Morgan fingerprint density at radius 3 is 2.54 bits per heavy atom. The number of hydrogen-bond acceptors (Lipinski definition) is 6. The molecular formula is C27H28N4O2S2. The fraction of sp³-hybridized carbons (Fsp3) is 0.333. The summed E-state index contributed by atoms with van der Waals surface area (Å²) in [6, 6.07) is 13.4. The van der Waals surface area contributed by atoms with Crippen molar-refractivity contribution in [3.05, 3.63) is 80.6 Å². The predicted molar refractivity (Wildman–Crippen MR) is 147 cm³/mol. The molecule has 0 saturated carbocycles. The molecule has 8 heteroatoms. The lowest BCUT2D eigenvalue weighted by atomic mass is 9.99. The highest BCUT2D eigenvalue weighted by Gasteiger charge is 2.36. The molecule has 35 heavy (non-hydrogen) atoms. The Kier molecular flexibility index (Phi) is 6.51. The Labute approximate surface area is 214 Å². The van der Waals surface area contributed by atoms with Gasteiger partial charge in [-0.1, -0.05) is 67.3 Å². The summed E-state index contributed by atoms with van der Waals surface area (Å²) in [6.45, 7) is 7.85. The first kappa shape index (κ1) is 23.8. The molecule has 1 aromatic carbocycles. The van der Waals surface area contributed by atoms with Gasteiger partial charge in [0, 0.05) is 19.3 Å². The number of benzene rings is 1. The van der Waals surface area contributed by atoms with Crippen molar-refractivity contribution in [3.8, 4) is 0 Å². The van der Waals surface area contributed by atoms with Crippen LogP contribution in [0.1, 0.15) is 49.4 Å². The lowest BCUT2D eigenvalue weighted by Crippen LogP contribution is -2.36. The molecular weight excluding hydrogens is 476 g/mol. The summed E-state index contributed by atoms with van der Waals surface area (Å²) < 4.78 is 2.07. The minimum Gasteiger partial charge on any atom is -0.356 e. The number of thiocarbonyl (C=S) groups is 1. The topological polar surface area (TPSA) is 57.9 Å². The van der Waals surface area contributed by atoms with Gasteiger partial charge in [-0.3, -0.25) is 18.9 Å². The molecule has 2 aliphatic heterocycles. The van der Waals surface area contributed by atoms with E-state index in [1.807, 2.05) is 56.3 Å². The van der Waals surface area contributed by atoms with Gasteiger partial charge in [0.05, 0.1) is 16.5 Å². The quantitative estimate of drug-likeness (QED) is 0.360. The summed E-state index contributed by atoms with van der Waals surface area (Å²) >= 11 is 6.85. The van der Waals surface area contributed by atoms with Crippen molar-refractivity contribution < 1.29 is 4.79 Å². The number of aromatic nitrogens is 2. The van der Waals surface area contributed by atoms with Crippen LogP contribution in [0.4, 0.5) is 5.82 Å². The van der Waals surface area contributed by atoms with Crippen LogP contribution in [0, 0.1) is 12.8 Å². The second-order valence-corrected chi connectivity index (χ2v) is 11.0. The Morgan fingerprint density at radius 1 is 1.11 bits per heavy atom. The smallest absolute Gasteiger partial charge is 0.267 e. The van der Waals surface area contributed by atoms with Crippen LogP contribution in [-0.4, -0.2) is 37.6 Å². The van der Waals surface area contributed by atoms with Crippen LogP contribution in [0.3, 0.4) is 0 Å². The number of piperidine rings is 1. The summed E-state index contributed by atoms with van der Waals surface area (Å²) in [4.78, 5) is 36.4. The lowest BCUT2D eigenvalue weighted by Gasteiger charge is -2.32. The van der Waals surface area contributed by atoms with Crippen molar-refractivity contribution in [3.63, 3.8) is 0 Å². The molecule has 0 radical (unpaired) electrons. The maximum Gasteiger partial charge on any atom is 0.267 e. The largest absolute Gasteiger partial charge is 0.356 e. The number of carbonyl (C=O) groups is 1. The maximum atomic E-state index is 13.7. The molecule has 2 aliphatic rings. The van der Waals surface area contributed by atoms with E-state index in [0.29, 0.717) is 32.2 Å². The summed E-state index contributed by atoms with van der Waals surface area (Å²) in [7, 11) is 0. The predicted octanol–water partition coefficient (Wildman–Crippen LogP) is 5.20. The zero-order chi connectivity index (χ0) is 24.7. The van der Waals surface area contributed by atoms with Gasteiger partial charge >= 0.3 is 0 Å². The van der Waals surface area contributed by atoms with Gasteiger partial charge in [0.15, 0.2) is 0 Å². The first-order valence-electron chi connectivity index (χ1n) is 11.9. The van der Waals surface area contributed by atoms with E-state index >= 15 is 0 Å². The van der Waals surface area contributed by atoms with Gasteiger partial charge in [-0.25, -0.2) is 4.98 Å². The van der Waals surface area contributed by atoms with Crippen molar-refractivity contribution in [2.24, 2.45) is 5.92 Å². The number of rotatable bonds is 4. The summed E-state index contributed by atoms with van der Waals surface area (Å²) in [5, 5.41) is 0. The average Bonchev–Trinajstić information content (AvgIpc) is 3.14. The Balaban J connectivity index is 1.60. The number of fused-ring (bicyclic) bond motifs is 1. The molecule has 1 atom stereocenters. The molecule has 0 N–H and O–H groups in total. The summed E-state index contributed by atoms with van der Waals surface area (Å²) in [5.41, 5.74) is 2.86. The van der Waals surface area contributed by atoms with E-state index in [1.165, 1.54) is 11.8 Å². The van der Waals surface area contributed by atoms with Crippen molar-refractivity contribution in [1.29, 1.82) is 0 Å². The van der Waals surface area contributed by atoms with E-state index in [4.69, 9.17) is 17.2 Å². The highest BCUT2D eigenvalue weighted by atomic mass is 32.2. The van der Waals surface area contributed by atoms with Gasteiger partial charge < -0.3 is 4.90 Å². The fourth-order valence-electron chi connectivity index (χ4n) is 4.71. The van der Waals surface area contributed by atoms with E-state index in [9.17, 15) is 9.59 Å². The molecule has 180 valence electrons. The molecule has 0 spiro atoms. The second kappa shape index (κ2) is 9.59. The van der Waals surface area contributed by atoms with E-state index in [-0.39, 0.29) is 17.5 Å². The molecule has 4 heterocycles. The van der Waals surface area contributed by atoms with E-state index in [0.717, 1.165) is 37.1 Å². The van der Waals surface area contributed by atoms with Crippen molar-refractivity contribution in [2.75, 3.05) is 18.0 Å². The number of thioether (sulfide) groups is 1. The molecule has 5 rings (SSSR count). The zero-order valence-electron chi connectivity index (χ0n) is 20.1. The van der Waals surface area contributed by atoms with Gasteiger partial charge in [0.2, 0.25) is 0 Å². The number of anilines is 1. The zero-order valence-corrected chi connectivity index (χ0v) is 21.7. The molecule has 0 bridgehead atoms. The summed E-state index contributed by atoms with van der Waals surface area (Å²) in [6.07, 6.45) is 5.53. The van der Waals surface area contributed by atoms with Crippen LogP contribution in [0.25, 0.3) is 11.7 Å². The number of nitrogens with zero attached hydrogens (tertiary/aromatic N) is 4. The minimum atomic E-state index is -0.198. The molecule has 2 fully saturated rings. The van der Waals surface area contributed by atoms with Crippen LogP contribution in [0.5, 0.6) is 0 Å². The van der Waals surface area contributed by atoms with E-state index < -0.39 is 0 Å². The molecule has 6 nitrogen and oxygen atoms in total. The van der Waals surface area contributed by atoms with Crippen molar-refractivity contribution in [1.82, 2.24) is 14.3 Å². The van der Waals surface area contributed by atoms with Crippen LogP contribution < -0.4 is 10.5 Å². The third-order valence-electron chi connectivity index (χ3n) is 6.92. The monoisotopic (exact) mass is 504 g/mol. The van der Waals surface area contributed by atoms with Crippen LogP contribution in [-0.2, 0) is 4.79 Å². The van der Waals surface area contributed by atoms with Crippen LogP contribution >= 0.6 is 24.0 Å². The highest BCUT2D eigenvalue weighted by Crippen LogP contribution is 2.38. The number of aryl methyl sites for hydroxylation is 1. The van der Waals surface area contributed by atoms with Gasteiger partial charge in [-0.15, -0.1) is 0 Å². The van der Waals surface area contributed by atoms with Gasteiger partial charge in [-0.05, 0) is 55.9 Å².